The molecule has 114 valence electrons. The van der Waals surface area contributed by atoms with Crippen molar-refractivity contribution in [2.24, 2.45) is 0 Å². The third-order valence-electron chi connectivity index (χ3n) is 3.09. The van der Waals surface area contributed by atoms with Gasteiger partial charge in [-0.25, -0.2) is 0 Å². The van der Waals surface area contributed by atoms with Crippen molar-refractivity contribution < 1.29 is 13.6 Å². The van der Waals surface area contributed by atoms with Crippen molar-refractivity contribution >= 4 is 12.9 Å². The van der Waals surface area contributed by atoms with E-state index in [4.69, 9.17) is 9.05 Å². The Balaban J connectivity index is 2.60. The van der Waals surface area contributed by atoms with Crippen LogP contribution < -0.4 is 5.30 Å². The molecule has 0 aromatic heterocycles. The highest BCUT2D eigenvalue weighted by Gasteiger charge is 2.26. The van der Waals surface area contributed by atoms with Crippen molar-refractivity contribution in [2.45, 2.75) is 52.4 Å². The third kappa shape index (κ3) is 6.21. The molecule has 20 heavy (non-hydrogen) atoms. The third-order valence-corrected chi connectivity index (χ3v) is 5.07. The molecule has 0 heterocycles. The Labute approximate surface area is 123 Å². The van der Waals surface area contributed by atoms with E-state index < -0.39 is 7.60 Å². The first-order valence-corrected chi connectivity index (χ1v) is 9.22. The van der Waals surface area contributed by atoms with E-state index in [0.29, 0.717) is 18.5 Å². The standard InChI is InChI=1S/C16H27O3P/c1-3-5-10-14-18-20(17,19-15-11-6-4-2)16-12-8-7-9-13-16/h7-9,12-13H,3-6,10-11,14-15H2,1-2H3. The molecule has 0 N–H and O–H groups in total. The van der Waals surface area contributed by atoms with Crippen molar-refractivity contribution in [3.8, 4) is 0 Å². The molecule has 1 aromatic rings. The fourth-order valence-corrected chi connectivity index (χ4v) is 3.52. The maximum absolute atomic E-state index is 12.9. The SMILES string of the molecule is CCCCCOP(=O)(OCCCCC)c1ccccc1. The summed E-state index contributed by atoms with van der Waals surface area (Å²) in [5.74, 6) is 0. The van der Waals surface area contributed by atoms with E-state index >= 15 is 0 Å². The first kappa shape index (κ1) is 17.4. The fourth-order valence-electron chi connectivity index (χ4n) is 1.87. The lowest BCUT2D eigenvalue weighted by molar-refractivity contribution is 0.207. The lowest BCUT2D eigenvalue weighted by Gasteiger charge is -2.18. The smallest absolute Gasteiger partial charge is 0.305 e. The molecule has 0 aliphatic heterocycles. The highest BCUT2D eigenvalue weighted by molar-refractivity contribution is 7.62. The van der Waals surface area contributed by atoms with Crippen LogP contribution in [0.2, 0.25) is 0 Å². The van der Waals surface area contributed by atoms with E-state index in [-0.39, 0.29) is 0 Å². The Morgan fingerprint density at radius 2 is 1.35 bits per heavy atom. The highest BCUT2D eigenvalue weighted by atomic mass is 31.2. The second-order valence-corrected chi connectivity index (χ2v) is 6.94. The van der Waals surface area contributed by atoms with Crippen LogP contribution in [0, 0.1) is 0 Å². The second-order valence-electron chi connectivity index (χ2n) is 4.91. The second kappa shape index (κ2) is 10.1. The van der Waals surface area contributed by atoms with Crippen molar-refractivity contribution in [1.82, 2.24) is 0 Å². The quantitative estimate of drug-likeness (QED) is 0.430. The zero-order valence-corrected chi connectivity index (χ0v) is 13.6. The monoisotopic (exact) mass is 298 g/mol. The molecule has 0 fully saturated rings. The zero-order valence-electron chi connectivity index (χ0n) is 12.7. The van der Waals surface area contributed by atoms with Gasteiger partial charge >= 0.3 is 7.60 Å². The predicted octanol–water partition coefficient (Wildman–Crippen LogP) is 4.92. The van der Waals surface area contributed by atoms with Gasteiger partial charge in [-0.05, 0) is 25.0 Å². The molecule has 0 saturated carbocycles. The lowest BCUT2D eigenvalue weighted by atomic mass is 10.3. The molecule has 0 saturated heterocycles. The molecule has 0 bridgehead atoms. The van der Waals surface area contributed by atoms with E-state index in [1.165, 1.54) is 0 Å². The van der Waals surface area contributed by atoms with Crippen LogP contribution in [-0.2, 0) is 13.6 Å². The van der Waals surface area contributed by atoms with Gasteiger partial charge in [0.1, 0.15) is 0 Å². The lowest BCUT2D eigenvalue weighted by Crippen LogP contribution is -2.11. The summed E-state index contributed by atoms with van der Waals surface area (Å²) in [7, 11) is -3.15. The summed E-state index contributed by atoms with van der Waals surface area (Å²) in [5, 5.41) is 0.660. The Morgan fingerprint density at radius 1 is 0.850 bits per heavy atom. The van der Waals surface area contributed by atoms with E-state index in [9.17, 15) is 4.57 Å². The molecule has 3 nitrogen and oxygen atoms in total. The molecule has 4 heteroatoms. The number of unbranched alkanes of at least 4 members (excludes halogenated alkanes) is 4. The molecular formula is C16H27O3P. The van der Waals surface area contributed by atoms with Gasteiger partial charge in [-0.15, -0.1) is 0 Å². The summed E-state index contributed by atoms with van der Waals surface area (Å²) >= 11 is 0. The van der Waals surface area contributed by atoms with Crippen molar-refractivity contribution in [1.29, 1.82) is 0 Å². The Kier molecular flexibility index (Phi) is 8.84. The Hall–Kier alpha value is -0.630. The summed E-state index contributed by atoms with van der Waals surface area (Å²) in [6, 6.07) is 9.28. The van der Waals surface area contributed by atoms with Crippen LogP contribution in [0.4, 0.5) is 0 Å². The number of hydrogen-bond acceptors (Lipinski definition) is 3. The van der Waals surface area contributed by atoms with Crippen LogP contribution in [0.1, 0.15) is 52.4 Å². The maximum atomic E-state index is 12.9. The molecule has 0 aliphatic carbocycles. The van der Waals surface area contributed by atoms with Crippen molar-refractivity contribution in [3.63, 3.8) is 0 Å². The van der Waals surface area contributed by atoms with Gasteiger partial charge in [0.05, 0.1) is 18.5 Å². The van der Waals surface area contributed by atoms with E-state index in [1.54, 1.807) is 0 Å². The average Bonchev–Trinajstić information content (AvgIpc) is 2.49. The van der Waals surface area contributed by atoms with Gasteiger partial charge in [0.25, 0.3) is 0 Å². The summed E-state index contributed by atoms with van der Waals surface area (Å²) in [6.07, 6.45) is 6.26. The predicted molar refractivity (Wildman–Crippen MR) is 84.6 cm³/mol. The Bertz CT molecular complexity index is 376. The first-order chi connectivity index (χ1) is 9.73. The van der Waals surface area contributed by atoms with Crippen LogP contribution in [0.5, 0.6) is 0 Å². The number of hydrogen-bond donors (Lipinski definition) is 0. The molecule has 1 aromatic carbocycles. The van der Waals surface area contributed by atoms with Crippen LogP contribution in [0.15, 0.2) is 30.3 Å². The summed E-state index contributed by atoms with van der Waals surface area (Å²) in [4.78, 5) is 0. The average molecular weight is 298 g/mol. The molecule has 0 spiro atoms. The molecular weight excluding hydrogens is 271 g/mol. The van der Waals surface area contributed by atoms with Gasteiger partial charge < -0.3 is 9.05 Å². The van der Waals surface area contributed by atoms with Gasteiger partial charge in [-0.3, -0.25) is 4.57 Å². The van der Waals surface area contributed by atoms with Crippen LogP contribution in [-0.4, -0.2) is 13.2 Å². The van der Waals surface area contributed by atoms with Gasteiger partial charge in [0.2, 0.25) is 0 Å². The van der Waals surface area contributed by atoms with E-state index in [2.05, 4.69) is 13.8 Å². The first-order valence-electron chi connectivity index (χ1n) is 7.67. The molecule has 0 amide bonds. The Morgan fingerprint density at radius 3 is 1.80 bits per heavy atom. The fraction of sp³-hybridized carbons (Fsp3) is 0.625. The largest absolute Gasteiger partial charge is 0.361 e. The van der Waals surface area contributed by atoms with E-state index in [0.717, 1.165) is 38.5 Å². The van der Waals surface area contributed by atoms with Crippen LogP contribution >= 0.6 is 7.60 Å². The van der Waals surface area contributed by atoms with E-state index in [1.807, 2.05) is 30.3 Å². The molecule has 0 unspecified atom stereocenters. The van der Waals surface area contributed by atoms with Crippen LogP contribution in [0.3, 0.4) is 0 Å². The van der Waals surface area contributed by atoms with Crippen LogP contribution in [0.25, 0.3) is 0 Å². The topological polar surface area (TPSA) is 35.5 Å². The minimum atomic E-state index is -3.15. The van der Waals surface area contributed by atoms with Crippen molar-refractivity contribution in [3.05, 3.63) is 30.3 Å². The number of benzene rings is 1. The molecule has 0 radical (unpaired) electrons. The normalized spacial score (nSPS) is 11.7. The van der Waals surface area contributed by atoms with Crippen molar-refractivity contribution in [2.75, 3.05) is 13.2 Å². The minimum absolute atomic E-state index is 0.494. The van der Waals surface area contributed by atoms with Gasteiger partial charge in [-0.1, -0.05) is 57.7 Å². The summed E-state index contributed by atoms with van der Waals surface area (Å²) in [6.45, 7) is 5.26. The van der Waals surface area contributed by atoms with Gasteiger partial charge in [0, 0.05) is 0 Å². The minimum Gasteiger partial charge on any atom is -0.305 e. The molecule has 1 rings (SSSR count). The zero-order chi connectivity index (χ0) is 14.7. The van der Waals surface area contributed by atoms with Gasteiger partial charge in [-0.2, -0.15) is 0 Å². The number of rotatable bonds is 11. The highest BCUT2D eigenvalue weighted by Crippen LogP contribution is 2.47. The maximum Gasteiger partial charge on any atom is 0.361 e. The molecule has 0 aliphatic rings. The van der Waals surface area contributed by atoms with Gasteiger partial charge in [0.15, 0.2) is 0 Å². The molecule has 0 atom stereocenters. The summed E-state index contributed by atoms with van der Waals surface area (Å²) < 4.78 is 24.2. The summed E-state index contributed by atoms with van der Waals surface area (Å²) in [5.41, 5.74) is 0.